The highest BCUT2D eigenvalue weighted by atomic mass is 35.5. The molecular formula is C32H32ClN3O4S. The van der Waals surface area contributed by atoms with Gasteiger partial charge < -0.3 is 10.2 Å². The number of nitrogens with one attached hydrogen (secondary N) is 1. The normalized spacial score (nSPS) is 11.9. The SMILES string of the molecule is CNC(=O)[C@H](Cc1ccccc1)N(Cc1ccccc1)C(=O)CN(c1ccccc1Cl)S(=O)(=O)c1ccc(C)cc1. The Bertz CT molecular complexity index is 1580. The highest BCUT2D eigenvalue weighted by Crippen LogP contribution is 2.31. The van der Waals surface area contributed by atoms with Gasteiger partial charge in [0.15, 0.2) is 0 Å². The fourth-order valence-electron chi connectivity index (χ4n) is 4.51. The lowest BCUT2D eigenvalue weighted by atomic mass is 10.0. The van der Waals surface area contributed by atoms with Gasteiger partial charge in [-0.15, -0.1) is 0 Å². The molecule has 0 spiro atoms. The van der Waals surface area contributed by atoms with Crippen LogP contribution in [0, 0.1) is 6.92 Å². The van der Waals surface area contributed by atoms with E-state index in [1.54, 1.807) is 36.4 Å². The maximum Gasteiger partial charge on any atom is 0.264 e. The zero-order valence-electron chi connectivity index (χ0n) is 22.9. The van der Waals surface area contributed by atoms with Crippen molar-refractivity contribution >= 4 is 39.1 Å². The number of aryl methyl sites for hydroxylation is 1. The van der Waals surface area contributed by atoms with Crippen LogP contribution in [0.15, 0.2) is 114 Å². The molecule has 4 aromatic rings. The van der Waals surface area contributed by atoms with Gasteiger partial charge in [0.2, 0.25) is 11.8 Å². The third-order valence-corrected chi connectivity index (χ3v) is 8.82. The van der Waals surface area contributed by atoms with E-state index in [4.69, 9.17) is 11.6 Å². The average Bonchev–Trinajstić information content (AvgIpc) is 2.99. The number of carbonyl (C=O) groups excluding carboxylic acids is 2. The van der Waals surface area contributed by atoms with Crippen molar-refractivity contribution in [3.8, 4) is 0 Å². The van der Waals surface area contributed by atoms with E-state index in [-0.39, 0.29) is 34.5 Å². The predicted molar refractivity (Wildman–Crippen MR) is 162 cm³/mol. The second-order valence-electron chi connectivity index (χ2n) is 9.60. The van der Waals surface area contributed by atoms with E-state index in [1.165, 1.54) is 24.1 Å². The van der Waals surface area contributed by atoms with Gasteiger partial charge in [0.1, 0.15) is 12.6 Å². The molecule has 0 fully saturated rings. The lowest BCUT2D eigenvalue weighted by molar-refractivity contribution is -0.139. The minimum Gasteiger partial charge on any atom is -0.357 e. The van der Waals surface area contributed by atoms with Gasteiger partial charge in [-0.3, -0.25) is 13.9 Å². The van der Waals surface area contributed by atoms with Crippen LogP contribution in [0.3, 0.4) is 0 Å². The Labute approximate surface area is 246 Å². The molecule has 4 rings (SSSR count). The quantitative estimate of drug-likeness (QED) is 0.260. The van der Waals surface area contributed by atoms with Gasteiger partial charge in [0, 0.05) is 20.0 Å². The van der Waals surface area contributed by atoms with Crippen LogP contribution >= 0.6 is 11.6 Å². The van der Waals surface area contributed by atoms with Crippen molar-refractivity contribution in [2.75, 3.05) is 17.9 Å². The van der Waals surface area contributed by atoms with Crippen molar-refractivity contribution in [3.63, 3.8) is 0 Å². The summed E-state index contributed by atoms with van der Waals surface area (Å²) in [7, 11) is -2.69. The summed E-state index contributed by atoms with van der Waals surface area (Å²) in [5, 5.41) is 2.85. The number of para-hydroxylation sites is 1. The Morgan fingerprint density at radius 3 is 1.95 bits per heavy atom. The molecule has 0 saturated carbocycles. The monoisotopic (exact) mass is 589 g/mol. The highest BCUT2D eigenvalue weighted by molar-refractivity contribution is 7.92. The number of halogens is 1. The first-order valence-corrected chi connectivity index (χ1v) is 15.0. The van der Waals surface area contributed by atoms with Crippen molar-refractivity contribution in [2.45, 2.75) is 30.8 Å². The number of hydrogen-bond acceptors (Lipinski definition) is 4. The molecule has 0 aliphatic heterocycles. The first-order chi connectivity index (χ1) is 19.7. The smallest absolute Gasteiger partial charge is 0.264 e. The molecule has 0 saturated heterocycles. The van der Waals surface area contributed by atoms with Gasteiger partial charge in [0.05, 0.1) is 15.6 Å². The lowest BCUT2D eigenvalue weighted by Crippen LogP contribution is -2.53. The number of anilines is 1. The number of sulfonamides is 1. The van der Waals surface area contributed by atoms with Crippen molar-refractivity contribution in [1.82, 2.24) is 10.2 Å². The molecule has 0 bridgehead atoms. The summed E-state index contributed by atoms with van der Waals surface area (Å²) in [4.78, 5) is 28.9. The van der Waals surface area contributed by atoms with E-state index >= 15 is 0 Å². The third-order valence-electron chi connectivity index (χ3n) is 6.72. The number of benzene rings is 4. The largest absolute Gasteiger partial charge is 0.357 e. The highest BCUT2D eigenvalue weighted by Gasteiger charge is 2.34. The second kappa shape index (κ2) is 13.5. The molecule has 0 heterocycles. The van der Waals surface area contributed by atoms with Gasteiger partial charge in [-0.05, 0) is 42.3 Å². The molecule has 9 heteroatoms. The number of carbonyl (C=O) groups is 2. The predicted octanol–water partition coefficient (Wildman–Crippen LogP) is 5.23. The van der Waals surface area contributed by atoms with Crippen LogP contribution < -0.4 is 9.62 Å². The van der Waals surface area contributed by atoms with Crippen LogP contribution in [0.2, 0.25) is 5.02 Å². The number of nitrogens with zero attached hydrogens (tertiary/aromatic N) is 2. The molecule has 212 valence electrons. The molecule has 1 atom stereocenters. The van der Waals surface area contributed by atoms with Gasteiger partial charge >= 0.3 is 0 Å². The maximum atomic E-state index is 14.2. The topological polar surface area (TPSA) is 86.8 Å². The number of rotatable bonds is 11. The Morgan fingerprint density at radius 1 is 0.805 bits per heavy atom. The third kappa shape index (κ3) is 7.34. The van der Waals surface area contributed by atoms with Crippen molar-refractivity contribution in [2.24, 2.45) is 0 Å². The fraction of sp³-hybridized carbons (Fsp3) is 0.188. The maximum absolute atomic E-state index is 14.2. The summed E-state index contributed by atoms with van der Waals surface area (Å²) in [6, 6.07) is 30.7. The zero-order chi connectivity index (χ0) is 29.4. The van der Waals surface area contributed by atoms with Crippen LogP contribution in [-0.2, 0) is 32.6 Å². The van der Waals surface area contributed by atoms with E-state index in [2.05, 4.69) is 5.32 Å². The molecule has 0 aromatic heterocycles. The van der Waals surface area contributed by atoms with Crippen molar-refractivity contribution in [1.29, 1.82) is 0 Å². The molecule has 0 aliphatic rings. The minimum atomic E-state index is -4.20. The summed E-state index contributed by atoms with van der Waals surface area (Å²) in [6.45, 7) is 1.40. The minimum absolute atomic E-state index is 0.0255. The van der Waals surface area contributed by atoms with E-state index in [1.807, 2.05) is 67.6 Å². The molecule has 0 unspecified atom stereocenters. The Balaban J connectivity index is 1.78. The molecule has 7 nitrogen and oxygen atoms in total. The van der Waals surface area contributed by atoms with Gasteiger partial charge in [-0.1, -0.05) is 102 Å². The fourth-order valence-corrected chi connectivity index (χ4v) is 6.23. The molecule has 41 heavy (non-hydrogen) atoms. The molecule has 1 N–H and O–H groups in total. The van der Waals surface area contributed by atoms with Crippen LogP contribution in [0.1, 0.15) is 16.7 Å². The Hall–Kier alpha value is -4.14. The average molecular weight is 590 g/mol. The van der Waals surface area contributed by atoms with Gasteiger partial charge in [-0.2, -0.15) is 0 Å². The van der Waals surface area contributed by atoms with Crippen LogP contribution in [-0.4, -0.2) is 44.8 Å². The summed E-state index contributed by atoms with van der Waals surface area (Å²) in [6.07, 6.45) is 0.246. The van der Waals surface area contributed by atoms with Crippen LogP contribution in [0.5, 0.6) is 0 Å². The van der Waals surface area contributed by atoms with Crippen LogP contribution in [0.4, 0.5) is 5.69 Å². The van der Waals surface area contributed by atoms with E-state index in [9.17, 15) is 18.0 Å². The number of amides is 2. The molecule has 0 radical (unpaired) electrons. The lowest BCUT2D eigenvalue weighted by Gasteiger charge is -2.33. The number of hydrogen-bond donors (Lipinski definition) is 1. The first kappa shape index (κ1) is 29.8. The standard InChI is InChI=1S/C32H32ClN3O4S/c1-24-17-19-27(20-18-24)41(39,40)36(29-16-10-9-15-28(29)33)23-31(37)35(22-26-13-7-4-8-14-26)30(32(38)34-2)21-25-11-5-3-6-12-25/h3-20,30H,21-23H2,1-2H3,(H,34,38)/t30-/m0/s1. The molecule has 0 aliphatic carbocycles. The summed E-state index contributed by atoms with van der Waals surface area (Å²) in [5.41, 5.74) is 2.73. The second-order valence-corrected chi connectivity index (χ2v) is 11.9. The summed E-state index contributed by atoms with van der Waals surface area (Å²) >= 11 is 6.48. The van der Waals surface area contributed by atoms with Gasteiger partial charge in [-0.25, -0.2) is 8.42 Å². The Kier molecular flexibility index (Phi) is 9.81. The Morgan fingerprint density at radius 2 is 1.37 bits per heavy atom. The zero-order valence-corrected chi connectivity index (χ0v) is 24.5. The number of likely N-dealkylation sites (N-methyl/N-ethyl adjacent to an activating group) is 1. The molecular weight excluding hydrogens is 558 g/mol. The van der Waals surface area contributed by atoms with Gasteiger partial charge in [0.25, 0.3) is 10.0 Å². The van der Waals surface area contributed by atoms with Crippen molar-refractivity contribution in [3.05, 3.63) is 131 Å². The first-order valence-electron chi connectivity index (χ1n) is 13.1. The van der Waals surface area contributed by atoms with E-state index in [0.29, 0.717) is 0 Å². The summed E-state index contributed by atoms with van der Waals surface area (Å²) < 4.78 is 29.0. The van der Waals surface area contributed by atoms with E-state index in [0.717, 1.165) is 21.0 Å². The van der Waals surface area contributed by atoms with Crippen LogP contribution in [0.25, 0.3) is 0 Å². The molecule has 2 amide bonds. The van der Waals surface area contributed by atoms with E-state index < -0.39 is 28.5 Å². The summed E-state index contributed by atoms with van der Waals surface area (Å²) in [5.74, 6) is -0.905. The molecule has 4 aromatic carbocycles. The van der Waals surface area contributed by atoms with Crippen molar-refractivity contribution < 1.29 is 18.0 Å².